The summed E-state index contributed by atoms with van der Waals surface area (Å²) in [6.45, 7) is 5.82. The smallest absolute Gasteiger partial charge is 0.191 e. The molecular formula is C18H39N5O. The first-order valence-electron chi connectivity index (χ1n) is 9.49. The van der Waals surface area contributed by atoms with Gasteiger partial charge in [0.1, 0.15) is 0 Å². The number of nitrogens with zero attached hydrogens (tertiary/aromatic N) is 3. The van der Waals surface area contributed by atoms with Crippen molar-refractivity contribution in [2.45, 2.75) is 44.6 Å². The van der Waals surface area contributed by atoms with Gasteiger partial charge in [0, 0.05) is 59.5 Å². The van der Waals surface area contributed by atoms with Crippen molar-refractivity contribution in [2.75, 3.05) is 67.6 Å². The summed E-state index contributed by atoms with van der Waals surface area (Å²) in [5, 5.41) is 6.82. The molecule has 0 bridgehead atoms. The Labute approximate surface area is 149 Å². The Hall–Kier alpha value is -0.850. The third-order valence-electron chi connectivity index (χ3n) is 4.85. The Morgan fingerprint density at radius 2 is 1.71 bits per heavy atom. The molecule has 24 heavy (non-hydrogen) atoms. The Morgan fingerprint density at radius 1 is 1.04 bits per heavy atom. The molecule has 0 amide bonds. The normalized spacial score (nSPS) is 16.8. The number of hydrogen-bond acceptors (Lipinski definition) is 4. The lowest BCUT2D eigenvalue weighted by atomic mass is 9.94. The van der Waals surface area contributed by atoms with Crippen molar-refractivity contribution in [1.29, 1.82) is 0 Å². The molecule has 0 saturated heterocycles. The Kier molecular flexibility index (Phi) is 11.9. The highest BCUT2D eigenvalue weighted by atomic mass is 16.5. The largest absolute Gasteiger partial charge is 0.385 e. The second kappa shape index (κ2) is 13.4. The van der Waals surface area contributed by atoms with Gasteiger partial charge in [0.05, 0.1) is 0 Å². The summed E-state index contributed by atoms with van der Waals surface area (Å²) >= 11 is 0. The third-order valence-corrected chi connectivity index (χ3v) is 4.85. The van der Waals surface area contributed by atoms with Crippen molar-refractivity contribution < 1.29 is 4.74 Å². The molecule has 1 saturated carbocycles. The molecule has 0 heterocycles. The van der Waals surface area contributed by atoms with Crippen molar-refractivity contribution >= 4 is 5.96 Å². The van der Waals surface area contributed by atoms with Crippen molar-refractivity contribution in [3.8, 4) is 0 Å². The Balaban J connectivity index is 2.09. The Bertz CT molecular complexity index is 331. The van der Waals surface area contributed by atoms with Crippen LogP contribution < -0.4 is 10.6 Å². The number of likely N-dealkylation sites (N-methyl/N-ethyl adjacent to an activating group) is 2. The summed E-state index contributed by atoms with van der Waals surface area (Å²) < 4.78 is 5.08. The summed E-state index contributed by atoms with van der Waals surface area (Å²) in [6.07, 6.45) is 8.00. The number of guanidine groups is 1. The van der Waals surface area contributed by atoms with Crippen LogP contribution in [0, 0.1) is 0 Å². The molecule has 0 aromatic rings. The monoisotopic (exact) mass is 341 g/mol. The van der Waals surface area contributed by atoms with E-state index in [1.54, 1.807) is 7.11 Å². The van der Waals surface area contributed by atoms with E-state index in [2.05, 4.69) is 39.5 Å². The van der Waals surface area contributed by atoms with E-state index >= 15 is 0 Å². The lowest BCUT2D eigenvalue weighted by molar-refractivity contribution is 0.180. The summed E-state index contributed by atoms with van der Waals surface area (Å²) in [4.78, 5) is 9.13. The number of methoxy groups -OCH3 is 1. The second-order valence-electron chi connectivity index (χ2n) is 6.85. The summed E-state index contributed by atoms with van der Waals surface area (Å²) in [5.41, 5.74) is 0. The molecule has 6 heteroatoms. The average molecular weight is 342 g/mol. The maximum Gasteiger partial charge on any atom is 0.191 e. The number of nitrogens with one attached hydrogen (secondary N) is 2. The first-order chi connectivity index (χ1) is 11.7. The van der Waals surface area contributed by atoms with E-state index < -0.39 is 0 Å². The van der Waals surface area contributed by atoms with E-state index in [-0.39, 0.29) is 0 Å². The van der Waals surface area contributed by atoms with Crippen LogP contribution in [0.1, 0.15) is 38.5 Å². The van der Waals surface area contributed by atoms with Crippen molar-refractivity contribution in [3.05, 3.63) is 0 Å². The van der Waals surface area contributed by atoms with Crippen LogP contribution in [0.25, 0.3) is 0 Å². The van der Waals surface area contributed by atoms with Gasteiger partial charge in [-0.25, -0.2) is 0 Å². The molecule has 2 N–H and O–H groups in total. The molecular weight excluding hydrogens is 302 g/mol. The second-order valence-corrected chi connectivity index (χ2v) is 6.85. The average Bonchev–Trinajstić information content (AvgIpc) is 2.61. The molecule has 1 aliphatic rings. The maximum atomic E-state index is 5.08. The van der Waals surface area contributed by atoms with Gasteiger partial charge in [-0.1, -0.05) is 19.3 Å². The van der Waals surface area contributed by atoms with Crippen LogP contribution in [0.15, 0.2) is 4.99 Å². The number of rotatable bonds is 11. The predicted molar refractivity (Wildman–Crippen MR) is 103 cm³/mol. The molecule has 1 rings (SSSR count). The zero-order valence-electron chi connectivity index (χ0n) is 16.3. The van der Waals surface area contributed by atoms with Gasteiger partial charge < -0.3 is 25.2 Å². The quantitative estimate of drug-likeness (QED) is 0.338. The standard InChI is InChI=1S/C18H39N5O/c1-19-18(20-11-14-22(2)13-8-16-24-4)21-12-15-23(3)17-9-6-5-7-10-17/h17H,5-16H2,1-4H3,(H2,19,20,21). The number of ether oxygens (including phenoxy) is 1. The zero-order valence-corrected chi connectivity index (χ0v) is 16.3. The predicted octanol–water partition coefficient (Wildman–Crippen LogP) is 1.38. The number of hydrogen-bond donors (Lipinski definition) is 2. The summed E-state index contributed by atoms with van der Waals surface area (Å²) in [6, 6.07) is 0.774. The Morgan fingerprint density at radius 3 is 2.33 bits per heavy atom. The van der Waals surface area contributed by atoms with Crippen LogP contribution in [0.4, 0.5) is 0 Å². The molecule has 1 fully saturated rings. The molecule has 1 aliphatic carbocycles. The SMILES string of the molecule is CN=C(NCCN(C)CCCOC)NCCN(C)C1CCCCC1. The minimum Gasteiger partial charge on any atom is -0.385 e. The molecule has 0 aromatic heterocycles. The maximum absolute atomic E-state index is 5.08. The van der Waals surface area contributed by atoms with Gasteiger partial charge in [-0.05, 0) is 33.4 Å². The highest BCUT2D eigenvalue weighted by molar-refractivity contribution is 5.79. The van der Waals surface area contributed by atoms with E-state index in [4.69, 9.17) is 4.74 Å². The van der Waals surface area contributed by atoms with E-state index in [0.29, 0.717) is 0 Å². The van der Waals surface area contributed by atoms with E-state index in [0.717, 1.165) is 57.8 Å². The van der Waals surface area contributed by atoms with Crippen LogP contribution in [0.3, 0.4) is 0 Å². The molecule has 0 spiro atoms. The highest BCUT2D eigenvalue weighted by Gasteiger charge is 2.17. The minimum atomic E-state index is 0.774. The molecule has 0 radical (unpaired) electrons. The topological polar surface area (TPSA) is 52.1 Å². The minimum absolute atomic E-state index is 0.774. The molecule has 0 aromatic carbocycles. The fourth-order valence-corrected chi connectivity index (χ4v) is 3.23. The fraction of sp³-hybridized carbons (Fsp3) is 0.944. The molecule has 0 aliphatic heterocycles. The van der Waals surface area contributed by atoms with Crippen molar-refractivity contribution in [3.63, 3.8) is 0 Å². The van der Waals surface area contributed by atoms with Gasteiger partial charge in [0.2, 0.25) is 0 Å². The van der Waals surface area contributed by atoms with E-state index in [9.17, 15) is 0 Å². The number of aliphatic imine (C=N–C) groups is 1. The van der Waals surface area contributed by atoms with Crippen molar-refractivity contribution in [2.24, 2.45) is 4.99 Å². The van der Waals surface area contributed by atoms with Gasteiger partial charge in [-0.3, -0.25) is 4.99 Å². The van der Waals surface area contributed by atoms with Gasteiger partial charge in [0.15, 0.2) is 5.96 Å². The third kappa shape index (κ3) is 9.45. The van der Waals surface area contributed by atoms with Gasteiger partial charge in [0.25, 0.3) is 0 Å². The van der Waals surface area contributed by atoms with E-state index in [1.807, 2.05) is 7.05 Å². The molecule has 142 valence electrons. The van der Waals surface area contributed by atoms with Crippen LogP contribution in [-0.4, -0.2) is 89.4 Å². The lowest BCUT2D eigenvalue weighted by Crippen LogP contribution is -2.45. The molecule has 6 nitrogen and oxygen atoms in total. The van der Waals surface area contributed by atoms with Crippen LogP contribution in [0.5, 0.6) is 0 Å². The fourth-order valence-electron chi connectivity index (χ4n) is 3.23. The molecule has 0 unspecified atom stereocenters. The van der Waals surface area contributed by atoms with Crippen LogP contribution in [-0.2, 0) is 4.74 Å². The van der Waals surface area contributed by atoms with Gasteiger partial charge >= 0.3 is 0 Å². The van der Waals surface area contributed by atoms with Crippen molar-refractivity contribution in [1.82, 2.24) is 20.4 Å². The highest BCUT2D eigenvalue weighted by Crippen LogP contribution is 2.21. The van der Waals surface area contributed by atoms with Crippen LogP contribution in [0.2, 0.25) is 0 Å². The zero-order chi connectivity index (χ0) is 17.6. The van der Waals surface area contributed by atoms with Gasteiger partial charge in [-0.2, -0.15) is 0 Å². The van der Waals surface area contributed by atoms with Gasteiger partial charge in [-0.15, -0.1) is 0 Å². The van der Waals surface area contributed by atoms with E-state index in [1.165, 1.54) is 32.1 Å². The lowest BCUT2D eigenvalue weighted by Gasteiger charge is -2.31. The summed E-state index contributed by atoms with van der Waals surface area (Å²) in [7, 11) is 7.99. The summed E-state index contributed by atoms with van der Waals surface area (Å²) in [5.74, 6) is 0.900. The van der Waals surface area contributed by atoms with Crippen LogP contribution >= 0.6 is 0 Å². The first-order valence-corrected chi connectivity index (χ1v) is 9.49. The molecule has 0 atom stereocenters. The first kappa shape index (κ1) is 21.2.